The largest absolute Gasteiger partial charge is 0.492 e. The molecule has 1 amide bonds. The highest BCUT2D eigenvalue weighted by Crippen LogP contribution is 2.37. The van der Waals surface area contributed by atoms with Crippen molar-refractivity contribution in [2.75, 3.05) is 6.61 Å². The number of carbonyl (C=O) groups excluding carboxylic acids is 2. The standard InChI is InChI=1S/C15H18ClNO3/c1-8-6-11-13(17-10(3)18)4-5-20-15(11)12(7-8)14(19)9(2)16/h6-7,9,13H,4-5H2,1-3H3,(H,17,18). The van der Waals surface area contributed by atoms with Crippen LogP contribution in [0.3, 0.4) is 0 Å². The zero-order chi connectivity index (χ0) is 14.9. The van der Waals surface area contributed by atoms with E-state index in [0.717, 1.165) is 11.1 Å². The van der Waals surface area contributed by atoms with E-state index in [-0.39, 0.29) is 17.7 Å². The van der Waals surface area contributed by atoms with E-state index in [1.165, 1.54) is 6.92 Å². The third-order valence-electron chi connectivity index (χ3n) is 3.29. The quantitative estimate of drug-likeness (QED) is 0.689. The first kappa shape index (κ1) is 14.9. The van der Waals surface area contributed by atoms with E-state index in [1.807, 2.05) is 13.0 Å². The lowest BCUT2D eigenvalue weighted by Gasteiger charge is -2.28. The number of nitrogens with one attached hydrogen (secondary N) is 1. The molecule has 0 aliphatic carbocycles. The first-order valence-electron chi connectivity index (χ1n) is 6.63. The number of hydrogen-bond donors (Lipinski definition) is 1. The molecular formula is C15H18ClNO3. The maximum absolute atomic E-state index is 12.2. The smallest absolute Gasteiger partial charge is 0.217 e. The van der Waals surface area contributed by atoms with Crippen LogP contribution in [0.25, 0.3) is 0 Å². The number of carbonyl (C=O) groups is 2. The van der Waals surface area contributed by atoms with Gasteiger partial charge in [0, 0.05) is 18.9 Å². The molecule has 1 heterocycles. The first-order valence-corrected chi connectivity index (χ1v) is 7.06. The van der Waals surface area contributed by atoms with Gasteiger partial charge < -0.3 is 10.1 Å². The van der Waals surface area contributed by atoms with Gasteiger partial charge in [0.15, 0.2) is 5.78 Å². The molecule has 4 nitrogen and oxygen atoms in total. The molecule has 1 aromatic carbocycles. The van der Waals surface area contributed by atoms with Gasteiger partial charge in [-0.25, -0.2) is 0 Å². The van der Waals surface area contributed by atoms with Crippen molar-refractivity contribution in [1.82, 2.24) is 5.32 Å². The summed E-state index contributed by atoms with van der Waals surface area (Å²) in [5, 5.41) is 2.29. The van der Waals surface area contributed by atoms with E-state index in [4.69, 9.17) is 16.3 Å². The number of halogens is 1. The molecule has 20 heavy (non-hydrogen) atoms. The molecule has 5 heteroatoms. The van der Waals surface area contributed by atoms with Crippen molar-refractivity contribution < 1.29 is 14.3 Å². The van der Waals surface area contributed by atoms with Crippen molar-refractivity contribution in [3.63, 3.8) is 0 Å². The average molecular weight is 296 g/mol. The summed E-state index contributed by atoms with van der Waals surface area (Å²) in [7, 11) is 0. The lowest BCUT2D eigenvalue weighted by Crippen LogP contribution is -2.31. The van der Waals surface area contributed by atoms with Gasteiger partial charge in [-0.15, -0.1) is 11.6 Å². The molecular weight excluding hydrogens is 278 g/mol. The number of Topliss-reactive ketones (excluding diaryl/α,β-unsaturated/α-hetero) is 1. The van der Waals surface area contributed by atoms with Crippen LogP contribution in [0.1, 0.15) is 47.8 Å². The van der Waals surface area contributed by atoms with Crippen LogP contribution in [-0.2, 0) is 4.79 Å². The fourth-order valence-corrected chi connectivity index (χ4v) is 2.57. The second kappa shape index (κ2) is 5.83. The number of aryl methyl sites for hydroxylation is 1. The second-order valence-corrected chi connectivity index (χ2v) is 5.76. The Kier molecular flexibility index (Phi) is 4.33. The van der Waals surface area contributed by atoms with E-state index in [0.29, 0.717) is 24.3 Å². The Morgan fingerprint density at radius 1 is 1.45 bits per heavy atom. The zero-order valence-corrected chi connectivity index (χ0v) is 12.6. The molecule has 2 rings (SSSR count). The second-order valence-electron chi connectivity index (χ2n) is 5.10. The Labute approximate surface area is 123 Å². The summed E-state index contributed by atoms with van der Waals surface area (Å²) < 4.78 is 5.66. The molecule has 1 N–H and O–H groups in total. The van der Waals surface area contributed by atoms with Gasteiger partial charge in [-0.3, -0.25) is 9.59 Å². The minimum atomic E-state index is -0.606. The number of ether oxygens (including phenoxy) is 1. The lowest BCUT2D eigenvalue weighted by molar-refractivity contribution is -0.119. The molecule has 108 valence electrons. The number of ketones is 1. The van der Waals surface area contributed by atoms with Crippen LogP contribution in [-0.4, -0.2) is 23.7 Å². The molecule has 0 fully saturated rings. The molecule has 0 bridgehead atoms. The minimum Gasteiger partial charge on any atom is -0.492 e. The Morgan fingerprint density at radius 2 is 2.15 bits per heavy atom. The number of hydrogen-bond acceptors (Lipinski definition) is 3. The van der Waals surface area contributed by atoms with Crippen LogP contribution >= 0.6 is 11.6 Å². The monoisotopic (exact) mass is 295 g/mol. The van der Waals surface area contributed by atoms with Gasteiger partial charge in [-0.05, 0) is 25.5 Å². The Balaban J connectivity index is 2.50. The van der Waals surface area contributed by atoms with E-state index in [1.54, 1.807) is 13.0 Å². The van der Waals surface area contributed by atoms with Crippen molar-refractivity contribution in [3.8, 4) is 5.75 Å². The highest BCUT2D eigenvalue weighted by atomic mass is 35.5. The summed E-state index contributed by atoms with van der Waals surface area (Å²) in [4.78, 5) is 23.5. The van der Waals surface area contributed by atoms with Crippen LogP contribution < -0.4 is 10.1 Å². The molecule has 0 saturated heterocycles. The van der Waals surface area contributed by atoms with Crippen molar-refractivity contribution in [3.05, 3.63) is 28.8 Å². The van der Waals surface area contributed by atoms with Crippen molar-refractivity contribution >= 4 is 23.3 Å². The van der Waals surface area contributed by atoms with Crippen LogP contribution in [0, 0.1) is 6.92 Å². The van der Waals surface area contributed by atoms with E-state index in [9.17, 15) is 9.59 Å². The fraction of sp³-hybridized carbons (Fsp3) is 0.467. The van der Waals surface area contributed by atoms with Gasteiger partial charge in [0.05, 0.1) is 23.6 Å². The Bertz CT molecular complexity index is 554. The summed E-state index contributed by atoms with van der Waals surface area (Å²) in [5.74, 6) is 0.302. The lowest BCUT2D eigenvalue weighted by atomic mass is 9.93. The van der Waals surface area contributed by atoms with Gasteiger partial charge in [0.25, 0.3) is 0 Å². The number of benzene rings is 1. The van der Waals surface area contributed by atoms with Crippen molar-refractivity contribution in [2.45, 2.75) is 38.6 Å². The molecule has 0 aromatic heterocycles. The molecule has 0 saturated carbocycles. The van der Waals surface area contributed by atoms with Crippen molar-refractivity contribution in [1.29, 1.82) is 0 Å². The third kappa shape index (κ3) is 2.96. The minimum absolute atomic E-state index is 0.0945. The highest BCUT2D eigenvalue weighted by Gasteiger charge is 2.28. The third-order valence-corrected chi connectivity index (χ3v) is 3.49. The van der Waals surface area contributed by atoms with Crippen LogP contribution in [0.15, 0.2) is 12.1 Å². The summed E-state index contributed by atoms with van der Waals surface area (Å²) in [6.45, 7) is 5.51. The summed E-state index contributed by atoms with van der Waals surface area (Å²) >= 11 is 5.90. The van der Waals surface area contributed by atoms with E-state index in [2.05, 4.69) is 5.32 Å². The number of rotatable bonds is 3. The summed E-state index contributed by atoms with van der Waals surface area (Å²) in [5.41, 5.74) is 2.30. The molecule has 0 radical (unpaired) electrons. The maximum atomic E-state index is 12.2. The summed E-state index contributed by atoms with van der Waals surface area (Å²) in [6, 6.07) is 3.62. The summed E-state index contributed by atoms with van der Waals surface area (Å²) in [6.07, 6.45) is 0.695. The number of alkyl halides is 1. The van der Waals surface area contributed by atoms with Crippen LogP contribution in [0.2, 0.25) is 0 Å². The Morgan fingerprint density at radius 3 is 2.75 bits per heavy atom. The first-order chi connectivity index (χ1) is 9.40. The molecule has 1 aromatic rings. The maximum Gasteiger partial charge on any atom is 0.217 e. The van der Waals surface area contributed by atoms with E-state index >= 15 is 0 Å². The van der Waals surface area contributed by atoms with E-state index < -0.39 is 5.38 Å². The molecule has 1 aliphatic rings. The van der Waals surface area contributed by atoms with Crippen LogP contribution in [0.5, 0.6) is 5.75 Å². The van der Waals surface area contributed by atoms with Gasteiger partial charge in [-0.1, -0.05) is 6.07 Å². The van der Waals surface area contributed by atoms with Gasteiger partial charge in [-0.2, -0.15) is 0 Å². The molecule has 1 aliphatic heterocycles. The van der Waals surface area contributed by atoms with Crippen LogP contribution in [0.4, 0.5) is 0 Å². The molecule has 2 atom stereocenters. The average Bonchev–Trinajstić information content (AvgIpc) is 2.37. The molecule has 0 spiro atoms. The number of amides is 1. The topological polar surface area (TPSA) is 55.4 Å². The van der Waals surface area contributed by atoms with Gasteiger partial charge >= 0.3 is 0 Å². The fourth-order valence-electron chi connectivity index (χ4n) is 2.45. The van der Waals surface area contributed by atoms with Gasteiger partial charge in [0.2, 0.25) is 5.91 Å². The SMILES string of the molecule is CC(=O)NC1CCOc2c(C(=O)C(C)Cl)cc(C)cc21. The predicted molar refractivity (Wildman–Crippen MR) is 77.5 cm³/mol. The zero-order valence-electron chi connectivity index (χ0n) is 11.8. The van der Waals surface area contributed by atoms with Crippen molar-refractivity contribution in [2.24, 2.45) is 0 Å². The predicted octanol–water partition coefficient (Wildman–Crippen LogP) is 2.76. The Hall–Kier alpha value is -1.55. The molecule has 2 unspecified atom stereocenters. The highest BCUT2D eigenvalue weighted by molar-refractivity contribution is 6.34. The number of fused-ring (bicyclic) bond motifs is 1. The van der Waals surface area contributed by atoms with Gasteiger partial charge in [0.1, 0.15) is 5.75 Å². The normalized spacial score (nSPS) is 18.7.